The molecule has 0 fully saturated rings. The van der Waals surface area contributed by atoms with Gasteiger partial charge in [0.25, 0.3) is 0 Å². The summed E-state index contributed by atoms with van der Waals surface area (Å²) in [5.74, 6) is 0.261. The fourth-order valence-corrected chi connectivity index (χ4v) is 4.07. The number of rotatable bonds is 3. The summed E-state index contributed by atoms with van der Waals surface area (Å²) in [6.07, 6.45) is 1.48. The van der Waals surface area contributed by atoms with Crippen LogP contribution in [0.3, 0.4) is 0 Å². The Labute approximate surface area is 146 Å². The molecule has 0 spiro atoms. The summed E-state index contributed by atoms with van der Waals surface area (Å²) in [7, 11) is 0. The van der Waals surface area contributed by atoms with Crippen LogP contribution in [0.25, 0.3) is 6.08 Å². The Morgan fingerprint density at radius 2 is 1.91 bits per heavy atom. The van der Waals surface area contributed by atoms with Crippen molar-refractivity contribution in [3.8, 4) is 0 Å². The summed E-state index contributed by atoms with van der Waals surface area (Å²) in [6.45, 7) is 0. The van der Waals surface area contributed by atoms with Crippen LogP contribution < -0.4 is 0 Å². The lowest BCUT2D eigenvalue weighted by Gasteiger charge is -2.02. The minimum Gasteiger partial charge on any atom is -0.279 e. The molecule has 0 N–H and O–H groups in total. The molecule has 6 heteroatoms. The Morgan fingerprint density at radius 3 is 2.70 bits per heavy atom. The van der Waals surface area contributed by atoms with Crippen molar-refractivity contribution in [2.45, 2.75) is 5.75 Å². The fraction of sp³-hybridized carbons (Fsp3) is 0.0588. The van der Waals surface area contributed by atoms with Crippen molar-refractivity contribution < 1.29 is 9.18 Å². The molecule has 0 atom stereocenters. The lowest BCUT2D eigenvalue weighted by Crippen LogP contribution is -1.89. The topological polar surface area (TPSA) is 29.4 Å². The van der Waals surface area contributed by atoms with Gasteiger partial charge in [-0.15, -0.1) is 0 Å². The van der Waals surface area contributed by atoms with Gasteiger partial charge in [-0.05, 0) is 35.5 Å². The molecular formula is C17H11ClFNOS2. The molecule has 116 valence electrons. The minimum atomic E-state index is -0.370. The van der Waals surface area contributed by atoms with Gasteiger partial charge in [0, 0.05) is 16.3 Å². The molecule has 1 heterocycles. The Hall–Kier alpha value is -1.56. The van der Waals surface area contributed by atoms with Crippen LogP contribution in [-0.4, -0.2) is 9.49 Å². The molecule has 0 bridgehead atoms. The number of benzene rings is 2. The first kappa shape index (κ1) is 16.3. The third kappa shape index (κ3) is 4.05. The van der Waals surface area contributed by atoms with Crippen molar-refractivity contribution in [2.75, 3.05) is 0 Å². The van der Waals surface area contributed by atoms with E-state index in [1.807, 2.05) is 24.3 Å². The number of halogens is 2. The summed E-state index contributed by atoms with van der Waals surface area (Å²) < 4.78 is 14.3. The van der Waals surface area contributed by atoms with Gasteiger partial charge in [0.05, 0.1) is 0 Å². The maximum absolute atomic E-state index is 13.7. The van der Waals surface area contributed by atoms with Crippen LogP contribution in [0.5, 0.6) is 0 Å². The third-order valence-corrected chi connectivity index (χ3v) is 5.53. The molecule has 1 aliphatic heterocycles. The molecule has 23 heavy (non-hydrogen) atoms. The lowest BCUT2D eigenvalue weighted by atomic mass is 10.2. The van der Waals surface area contributed by atoms with Gasteiger partial charge in [-0.2, -0.15) is 0 Å². The highest BCUT2D eigenvalue weighted by molar-refractivity contribution is 8.45. The van der Waals surface area contributed by atoms with Crippen molar-refractivity contribution in [1.82, 2.24) is 0 Å². The zero-order valence-corrected chi connectivity index (χ0v) is 14.2. The minimum absolute atomic E-state index is 0.171. The van der Waals surface area contributed by atoms with E-state index in [9.17, 15) is 9.18 Å². The number of thioether (sulfide) groups is 2. The number of nitrogens with zero attached hydrogens (tertiary/aromatic N) is 1. The Balaban J connectivity index is 1.74. The predicted molar refractivity (Wildman–Crippen MR) is 97.2 cm³/mol. The van der Waals surface area contributed by atoms with E-state index in [0.717, 1.165) is 17.3 Å². The Kier molecular flexibility index (Phi) is 5.20. The molecule has 1 aliphatic rings. The van der Waals surface area contributed by atoms with E-state index < -0.39 is 0 Å². The van der Waals surface area contributed by atoms with Crippen LogP contribution in [0, 0.1) is 5.82 Å². The van der Waals surface area contributed by atoms with E-state index in [1.165, 1.54) is 23.9 Å². The van der Waals surface area contributed by atoms with Gasteiger partial charge in [0.2, 0.25) is 5.12 Å². The van der Waals surface area contributed by atoms with Crippen molar-refractivity contribution in [2.24, 2.45) is 4.99 Å². The van der Waals surface area contributed by atoms with Gasteiger partial charge in [0.15, 0.2) is 0 Å². The van der Waals surface area contributed by atoms with Crippen molar-refractivity contribution in [3.05, 3.63) is 76.2 Å². The largest absolute Gasteiger partial charge is 0.279 e. The van der Waals surface area contributed by atoms with Crippen molar-refractivity contribution >= 4 is 50.7 Å². The van der Waals surface area contributed by atoms with Gasteiger partial charge in [-0.1, -0.05) is 59.8 Å². The predicted octanol–water partition coefficient (Wildman–Crippen LogP) is 5.38. The zero-order chi connectivity index (χ0) is 16.2. The summed E-state index contributed by atoms with van der Waals surface area (Å²) in [5, 5.41) is 0.520. The maximum Gasteiger partial charge on any atom is 0.244 e. The first-order valence-corrected chi connectivity index (χ1v) is 8.95. The summed E-state index contributed by atoms with van der Waals surface area (Å²) >= 11 is 8.62. The number of carbonyl (C=O) groups is 1. The second kappa shape index (κ2) is 7.34. The van der Waals surface area contributed by atoms with E-state index in [-0.39, 0.29) is 16.6 Å². The summed E-state index contributed by atoms with van der Waals surface area (Å²) in [5.41, 5.74) is 1.61. The fourth-order valence-electron chi connectivity index (χ4n) is 1.95. The smallest absolute Gasteiger partial charge is 0.244 e. The average molecular weight is 364 g/mol. The van der Waals surface area contributed by atoms with Gasteiger partial charge in [-0.25, -0.2) is 9.38 Å². The molecular weight excluding hydrogens is 353 g/mol. The number of hydrogen-bond donors (Lipinski definition) is 0. The highest BCUT2D eigenvalue weighted by atomic mass is 35.5. The highest BCUT2D eigenvalue weighted by Gasteiger charge is 2.23. The molecule has 0 aromatic heterocycles. The van der Waals surface area contributed by atoms with Crippen LogP contribution in [-0.2, 0) is 10.5 Å². The van der Waals surface area contributed by atoms with Gasteiger partial charge < -0.3 is 0 Å². The number of aliphatic imine (C=N–C) groups is 1. The number of hydrogen-bond acceptors (Lipinski definition) is 4. The maximum atomic E-state index is 13.7. The van der Waals surface area contributed by atoms with Crippen molar-refractivity contribution in [1.29, 1.82) is 0 Å². The zero-order valence-electron chi connectivity index (χ0n) is 11.8. The van der Waals surface area contributed by atoms with Crippen molar-refractivity contribution in [3.63, 3.8) is 0 Å². The van der Waals surface area contributed by atoms with Gasteiger partial charge in [0.1, 0.15) is 15.9 Å². The first-order chi connectivity index (χ1) is 11.1. The first-order valence-electron chi connectivity index (χ1n) is 6.77. The molecule has 2 aromatic carbocycles. The van der Waals surface area contributed by atoms with Crippen LogP contribution in [0.15, 0.2) is 59.2 Å². The lowest BCUT2D eigenvalue weighted by molar-refractivity contribution is -0.107. The SMILES string of the molecule is O=C1SC(SCc2ccccc2Cl)=N/C1=C\c1ccccc1F. The Morgan fingerprint density at radius 1 is 1.17 bits per heavy atom. The van der Waals surface area contributed by atoms with E-state index >= 15 is 0 Å². The quantitative estimate of drug-likeness (QED) is 0.685. The van der Waals surface area contributed by atoms with Gasteiger partial charge >= 0.3 is 0 Å². The van der Waals surface area contributed by atoms with E-state index in [2.05, 4.69) is 4.99 Å². The van der Waals surface area contributed by atoms with Crippen LogP contribution in [0.1, 0.15) is 11.1 Å². The van der Waals surface area contributed by atoms with Gasteiger partial charge in [-0.3, -0.25) is 4.79 Å². The molecule has 2 nitrogen and oxygen atoms in total. The Bertz CT molecular complexity index is 820. The van der Waals surface area contributed by atoms with E-state index in [4.69, 9.17) is 11.6 Å². The normalized spacial score (nSPS) is 16.0. The monoisotopic (exact) mass is 363 g/mol. The second-order valence-electron chi connectivity index (χ2n) is 4.70. The van der Waals surface area contributed by atoms with Crippen LogP contribution >= 0.6 is 35.1 Å². The van der Waals surface area contributed by atoms with E-state index in [1.54, 1.807) is 18.2 Å². The average Bonchev–Trinajstić information content (AvgIpc) is 2.89. The third-order valence-electron chi connectivity index (χ3n) is 3.11. The molecule has 0 radical (unpaired) electrons. The molecule has 3 rings (SSSR count). The molecule has 0 saturated carbocycles. The number of carbonyl (C=O) groups excluding carboxylic acids is 1. The molecule has 0 aliphatic carbocycles. The highest BCUT2D eigenvalue weighted by Crippen LogP contribution is 2.33. The molecule has 2 aromatic rings. The standard InChI is InChI=1S/C17H11ClFNOS2/c18-13-7-3-1-6-12(13)10-22-17-20-15(16(21)23-17)9-11-5-2-4-8-14(11)19/h1-9H,10H2/b15-9-. The van der Waals surface area contributed by atoms with Crippen LogP contribution in [0.2, 0.25) is 5.02 Å². The summed E-state index contributed by atoms with van der Waals surface area (Å²) in [6, 6.07) is 13.9. The molecule has 0 saturated heterocycles. The summed E-state index contributed by atoms with van der Waals surface area (Å²) in [4.78, 5) is 16.3. The van der Waals surface area contributed by atoms with E-state index in [0.29, 0.717) is 20.7 Å². The molecule has 0 amide bonds. The van der Waals surface area contributed by atoms with Crippen LogP contribution in [0.4, 0.5) is 4.39 Å². The molecule has 0 unspecified atom stereocenters. The second-order valence-corrected chi connectivity index (χ2v) is 7.29.